The fourth-order valence-corrected chi connectivity index (χ4v) is 15.0. The fourth-order valence-electron chi connectivity index (χ4n) is 9.81. The molecule has 0 spiro atoms. The van der Waals surface area contributed by atoms with Crippen LogP contribution in [0.15, 0.2) is 70.0 Å². The number of fused-ring (bicyclic) bond motifs is 2. The van der Waals surface area contributed by atoms with Crippen LogP contribution in [0.5, 0.6) is 0 Å². The Hall–Kier alpha value is -4.20. The Morgan fingerprint density at radius 3 is 2.35 bits per heavy atom. The van der Waals surface area contributed by atoms with E-state index in [0.717, 1.165) is 136 Å². The Kier molecular flexibility index (Phi) is 11.6. The number of thiophene rings is 1. The average molecular weight is 928 g/mol. The van der Waals surface area contributed by atoms with Gasteiger partial charge < -0.3 is 34.2 Å². The topological polar surface area (TPSA) is 145 Å². The Morgan fingerprint density at radius 1 is 0.778 bits per heavy atom. The van der Waals surface area contributed by atoms with Crippen LogP contribution in [0.4, 0.5) is 23.0 Å². The van der Waals surface area contributed by atoms with Crippen LogP contribution in [0.2, 0.25) is 5.28 Å². The molecule has 8 heterocycles. The first-order chi connectivity index (χ1) is 30.9. The first-order valence-corrected chi connectivity index (χ1v) is 25.8. The van der Waals surface area contributed by atoms with Crippen molar-refractivity contribution in [3.05, 3.63) is 81.6 Å². The molecular weight excluding hydrogens is 876 g/mol. The standard InChI is InChI=1S/C45H51ClN10O4S3/c46-45-50-38-24-31(53-15-18-59-19-16-53)5-10-35(38)42(51-45)56-14-2-4-30(26-56)52-63(58,33-7-8-33)44-36(11-21-62-44)39-27-54(17-20-60-39)32-6-9-34-37(23-32)48-28-49-41(34)55-13-1-3-29(25-55)40(57)43-47-12-22-61-43/h5-6,9-12,21-24,28-30,39-40,57H,1-4,7-8,13-20,25-27H2,(H,52,58). The minimum Gasteiger partial charge on any atom is -0.386 e. The van der Waals surface area contributed by atoms with Gasteiger partial charge in [-0.05, 0) is 98.0 Å². The Balaban J connectivity index is 0.805. The maximum Gasteiger partial charge on any atom is 0.224 e. The highest BCUT2D eigenvalue weighted by Gasteiger charge is 2.36. The van der Waals surface area contributed by atoms with Gasteiger partial charge in [-0.15, -0.1) is 22.7 Å². The lowest BCUT2D eigenvalue weighted by molar-refractivity contribution is 0.0385. The third kappa shape index (κ3) is 8.35. The highest BCUT2D eigenvalue weighted by atomic mass is 35.5. The lowest BCUT2D eigenvalue weighted by Crippen LogP contribution is -2.48. The Bertz CT molecular complexity index is 2740. The zero-order chi connectivity index (χ0) is 42.5. The van der Waals surface area contributed by atoms with Gasteiger partial charge in [0.05, 0.1) is 40.6 Å². The number of piperidine rings is 2. The number of morpholine rings is 2. The second kappa shape index (κ2) is 17.6. The van der Waals surface area contributed by atoms with Gasteiger partial charge in [-0.25, -0.2) is 28.9 Å². The number of thiazole rings is 1. The van der Waals surface area contributed by atoms with E-state index in [1.165, 1.54) is 11.3 Å². The first kappa shape index (κ1) is 41.5. The maximum atomic E-state index is 15.5. The average Bonchev–Trinajstić information content (AvgIpc) is 3.81. The summed E-state index contributed by atoms with van der Waals surface area (Å²) < 4.78 is 32.2. The van der Waals surface area contributed by atoms with Crippen molar-refractivity contribution in [3.63, 3.8) is 0 Å². The van der Waals surface area contributed by atoms with E-state index in [9.17, 15) is 5.11 Å². The van der Waals surface area contributed by atoms with Gasteiger partial charge in [0.25, 0.3) is 0 Å². The molecule has 2 N–H and O–H groups in total. The quantitative estimate of drug-likeness (QED) is 0.109. The van der Waals surface area contributed by atoms with E-state index in [4.69, 9.17) is 36.0 Å². The number of aromatic nitrogens is 5. The summed E-state index contributed by atoms with van der Waals surface area (Å²) in [4.78, 5) is 33.6. The van der Waals surface area contributed by atoms with E-state index in [-0.39, 0.29) is 23.3 Å². The summed E-state index contributed by atoms with van der Waals surface area (Å²) in [5.74, 6) is 1.81. The third-order valence-electron chi connectivity index (χ3n) is 13.1. The van der Waals surface area contributed by atoms with Gasteiger partial charge in [0, 0.05) is 108 Å². The number of halogens is 1. The van der Waals surface area contributed by atoms with Crippen molar-refractivity contribution in [1.82, 2.24) is 29.6 Å². The van der Waals surface area contributed by atoms with E-state index < -0.39 is 15.8 Å². The smallest absolute Gasteiger partial charge is 0.224 e. The second-order valence-corrected chi connectivity index (χ2v) is 21.9. The van der Waals surface area contributed by atoms with Crippen LogP contribution in [0, 0.1) is 5.92 Å². The first-order valence-electron chi connectivity index (χ1n) is 22.1. The van der Waals surface area contributed by atoms with Crippen molar-refractivity contribution in [3.8, 4) is 0 Å². The van der Waals surface area contributed by atoms with E-state index >= 15 is 4.21 Å². The molecule has 1 aliphatic carbocycles. The summed E-state index contributed by atoms with van der Waals surface area (Å²) in [5.41, 5.74) is 4.89. The molecule has 4 aromatic heterocycles. The highest BCUT2D eigenvalue weighted by molar-refractivity contribution is 8.02. The van der Waals surface area contributed by atoms with Crippen LogP contribution in [0.25, 0.3) is 21.8 Å². The lowest BCUT2D eigenvalue weighted by Gasteiger charge is -2.37. The predicted octanol–water partition coefficient (Wildman–Crippen LogP) is 6.89. The molecule has 330 valence electrons. The summed E-state index contributed by atoms with van der Waals surface area (Å²) in [7, 11) is -2.69. The molecule has 5 unspecified atom stereocenters. The molecule has 14 nitrogen and oxygen atoms in total. The van der Waals surface area contributed by atoms with Gasteiger partial charge >= 0.3 is 0 Å². The van der Waals surface area contributed by atoms with Gasteiger partial charge in [0.15, 0.2) is 0 Å². The number of ether oxygens (including phenoxy) is 2. The maximum absolute atomic E-state index is 15.5. The molecule has 4 aliphatic heterocycles. The van der Waals surface area contributed by atoms with Gasteiger partial charge in [0.2, 0.25) is 5.28 Å². The molecular formula is C45H51ClN10O4S3. The molecule has 2 aromatic carbocycles. The van der Waals surface area contributed by atoms with Crippen LogP contribution in [0.3, 0.4) is 0 Å². The van der Waals surface area contributed by atoms with Crippen LogP contribution >= 0.6 is 34.3 Å². The highest BCUT2D eigenvalue weighted by Crippen LogP contribution is 2.40. The molecule has 1 saturated carbocycles. The molecule has 11 rings (SSSR count). The van der Waals surface area contributed by atoms with E-state index in [1.54, 1.807) is 23.9 Å². The fraction of sp³-hybridized carbons (Fsp3) is 0.467. The van der Waals surface area contributed by atoms with Gasteiger partial charge in [0.1, 0.15) is 39.4 Å². The number of anilines is 4. The number of aliphatic hydroxyl groups is 1. The van der Waals surface area contributed by atoms with Crippen molar-refractivity contribution in [2.24, 2.45) is 5.92 Å². The third-order valence-corrected chi connectivity index (χ3v) is 18.5. The number of nitrogens with zero attached hydrogens (tertiary/aromatic N) is 9. The van der Waals surface area contributed by atoms with Gasteiger partial charge in [-0.2, -0.15) is 4.98 Å². The number of rotatable bonds is 10. The molecule has 0 amide bonds. The molecule has 18 heteroatoms. The van der Waals surface area contributed by atoms with Crippen LogP contribution in [0.1, 0.15) is 61.3 Å². The number of aliphatic hydroxyl groups excluding tert-OH is 1. The summed E-state index contributed by atoms with van der Waals surface area (Å²) in [6, 6.07) is 14.9. The summed E-state index contributed by atoms with van der Waals surface area (Å²) in [6.45, 7) is 8.11. The molecule has 6 aromatic rings. The second-order valence-electron chi connectivity index (χ2n) is 17.1. The van der Waals surface area contributed by atoms with Crippen molar-refractivity contribution >= 4 is 93.7 Å². The van der Waals surface area contributed by atoms with Crippen molar-refractivity contribution in [2.75, 3.05) is 91.8 Å². The lowest BCUT2D eigenvalue weighted by atomic mass is 9.92. The minimum absolute atomic E-state index is 0.0159. The zero-order valence-electron chi connectivity index (χ0n) is 35.0. The molecule has 5 aliphatic rings. The molecule has 4 saturated heterocycles. The molecule has 5 atom stereocenters. The number of hydrogen-bond donors (Lipinski definition) is 2. The molecule has 5 fully saturated rings. The van der Waals surface area contributed by atoms with Crippen molar-refractivity contribution < 1.29 is 18.8 Å². The molecule has 63 heavy (non-hydrogen) atoms. The zero-order valence-corrected chi connectivity index (χ0v) is 38.2. The largest absolute Gasteiger partial charge is 0.386 e. The number of benzene rings is 2. The van der Waals surface area contributed by atoms with E-state index in [0.29, 0.717) is 39.5 Å². The van der Waals surface area contributed by atoms with Crippen LogP contribution in [-0.2, 0) is 19.2 Å². The summed E-state index contributed by atoms with van der Waals surface area (Å²) >= 11 is 9.67. The monoisotopic (exact) mass is 926 g/mol. The Morgan fingerprint density at radius 2 is 1.54 bits per heavy atom. The summed E-state index contributed by atoms with van der Waals surface area (Å²) in [6.07, 6.45) is 8.08. The van der Waals surface area contributed by atoms with Gasteiger partial charge in [-0.3, -0.25) is 0 Å². The Labute approximate surface area is 380 Å². The van der Waals surface area contributed by atoms with Gasteiger partial charge in [-0.1, -0.05) is 0 Å². The number of hydrogen-bond acceptors (Lipinski definition) is 15. The summed E-state index contributed by atoms with van der Waals surface area (Å²) in [5, 5.41) is 18.1. The SMILES string of the molecule is O=S(NC1CCCN(c2nc(Cl)nc3cc(N4CCOCC4)ccc23)C1)(=C1CC1)c1sccc1C1CN(c2ccc3c(N4CCCC(C(O)c5nccs5)C4)ncnc3c2)CCO1. The predicted molar refractivity (Wildman–Crippen MR) is 253 cm³/mol. The van der Waals surface area contributed by atoms with Crippen molar-refractivity contribution in [1.29, 1.82) is 0 Å². The van der Waals surface area contributed by atoms with Crippen molar-refractivity contribution in [2.45, 2.75) is 61.0 Å². The minimum atomic E-state index is -2.69. The van der Waals surface area contributed by atoms with Crippen LogP contribution in [-0.4, -0.2) is 117 Å². The normalized spacial score (nSPS) is 23.7. The molecule has 0 radical (unpaired) electrons. The van der Waals surface area contributed by atoms with E-state index in [2.05, 4.69) is 82.1 Å². The molecule has 0 bridgehead atoms. The van der Waals surface area contributed by atoms with Crippen LogP contribution < -0.4 is 24.3 Å². The van der Waals surface area contributed by atoms with E-state index in [1.807, 2.05) is 5.38 Å². The number of nitrogens with one attached hydrogen (secondary N) is 1.